The third kappa shape index (κ3) is 1.86. The zero-order valence-corrected chi connectivity index (χ0v) is 9.88. The minimum absolute atomic E-state index is 0.131. The van der Waals surface area contributed by atoms with E-state index in [2.05, 4.69) is 4.98 Å². The van der Waals surface area contributed by atoms with Crippen LogP contribution in [0, 0.1) is 0 Å². The average Bonchev–Trinajstić information content (AvgIpc) is 2.67. The summed E-state index contributed by atoms with van der Waals surface area (Å²) >= 11 is 1.49. The van der Waals surface area contributed by atoms with Gasteiger partial charge in [-0.15, -0.1) is 11.3 Å². The molecule has 5 heteroatoms. The standard InChI is InChI=1S/C11H12N2O2S/c1-7(2)13-10(14)6-8(12-11(13)15)9-4-3-5-16-9/h3-7H,1-2H3,(H,12,15). The zero-order valence-electron chi connectivity index (χ0n) is 9.06. The Hall–Kier alpha value is -1.62. The summed E-state index contributed by atoms with van der Waals surface area (Å²) in [6, 6.07) is 5.09. The summed E-state index contributed by atoms with van der Waals surface area (Å²) in [5.41, 5.74) is -0.0325. The van der Waals surface area contributed by atoms with Crippen molar-refractivity contribution in [3.05, 3.63) is 44.4 Å². The van der Waals surface area contributed by atoms with Crippen molar-refractivity contribution in [3.8, 4) is 10.6 Å². The molecule has 0 unspecified atom stereocenters. The molecule has 2 aromatic heterocycles. The average molecular weight is 236 g/mol. The van der Waals surface area contributed by atoms with Crippen molar-refractivity contribution >= 4 is 11.3 Å². The smallest absolute Gasteiger partial charge is 0.306 e. The lowest BCUT2D eigenvalue weighted by atomic mass is 10.3. The van der Waals surface area contributed by atoms with Crippen molar-refractivity contribution < 1.29 is 0 Å². The molecular weight excluding hydrogens is 224 g/mol. The van der Waals surface area contributed by atoms with Crippen LogP contribution in [0.15, 0.2) is 33.2 Å². The normalized spacial score (nSPS) is 10.9. The Balaban J connectivity index is 2.63. The van der Waals surface area contributed by atoms with Gasteiger partial charge < -0.3 is 4.98 Å². The summed E-state index contributed by atoms with van der Waals surface area (Å²) in [5, 5.41) is 1.90. The number of H-pyrrole nitrogens is 1. The molecule has 1 N–H and O–H groups in total. The number of rotatable bonds is 2. The first-order valence-corrected chi connectivity index (χ1v) is 5.87. The van der Waals surface area contributed by atoms with Crippen LogP contribution in [0.25, 0.3) is 10.6 Å². The monoisotopic (exact) mass is 236 g/mol. The van der Waals surface area contributed by atoms with Crippen LogP contribution in [0.4, 0.5) is 0 Å². The predicted octanol–water partition coefficient (Wildman–Crippen LogP) is 1.85. The molecule has 0 bridgehead atoms. The van der Waals surface area contributed by atoms with E-state index in [-0.39, 0.29) is 17.3 Å². The lowest BCUT2D eigenvalue weighted by Gasteiger charge is -2.08. The number of thiophene rings is 1. The Labute approximate surface area is 96.2 Å². The fraction of sp³-hybridized carbons (Fsp3) is 0.273. The van der Waals surface area contributed by atoms with Crippen LogP contribution >= 0.6 is 11.3 Å². The molecule has 0 aromatic carbocycles. The van der Waals surface area contributed by atoms with Gasteiger partial charge in [-0.05, 0) is 25.3 Å². The summed E-state index contributed by atoms with van der Waals surface area (Å²) in [7, 11) is 0. The molecule has 0 aliphatic carbocycles. The molecule has 0 saturated heterocycles. The van der Waals surface area contributed by atoms with Gasteiger partial charge in [0.25, 0.3) is 5.56 Å². The molecule has 0 saturated carbocycles. The molecule has 16 heavy (non-hydrogen) atoms. The van der Waals surface area contributed by atoms with Gasteiger partial charge in [0.15, 0.2) is 0 Å². The van der Waals surface area contributed by atoms with Crippen LogP contribution in [-0.4, -0.2) is 9.55 Å². The van der Waals surface area contributed by atoms with Gasteiger partial charge in [-0.2, -0.15) is 0 Å². The van der Waals surface area contributed by atoms with E-state index in [1.807, 2.05) is 17.5 Å². The van der Waals surface area contributed by atoms with E-state index in [9.17, 15) is 9.59 Å². The van der Waals surface area contributed by atoms with Gasteiger partial charge in [0, 0.05) is 12.1 Å². The van der Waals surface area contributed by atoms with Crippen molar-refractivity contribution in [1.82, 2.24) is 9.55 Å². The molecule has 2 heterocycles. The Morgan fingerprint density at radius 3 is 2.62 bits per heavy atom. The summed E-state index contributed by atoms with van der Waals surface area (Å²) in [6.45, 7) is 3.61. The summed E-state index contributed by atoms with van der Waals surface area (Å²) < 4.78 is 1.21. The molecule has 0 amide bonds. The van der Waals surface area contributed by atoms with Gasteiger partial charge in [0.1, 0.15) is 0 Å². The largest absolute Gasteiger partial charge is 0.329 e. The fourth-order valence-corrected chi connectivity index (χ4v) is 2.26. The van der Waals surface area contributed by atoms with Gasteiger partial charge >= 0.3 is 5.69 Å². The highest BCUT2D eigenvalue weighted by Gasteiger charge is 2.08. The van der Waals surface area contributed by atoms with Crippen LogP contribution in [0.5, 0.6) is 0 Å². The number of hydrogen-bond donors (Lipinski definition) is 1. The maximum atomic E-state index is 11.7. The zero-order chi connectivity index (χ0) is 11.7. The molecule has 2 rings (SSSR count). The molecule has 0 aliphatic heterocycles. The van der Waals surface area contributed by atoms with Crippen molar-refractivity contribution in [1.29, 1.82) is 0 Å². The van der Waals surface area contributed by atoms with Crippen molar-refractivity contribution in [3.63, 3.8) is 0 Å². The number of nitrogens with zero attached hydrogens (tertiary/aromatic N) is 1. The summed E-state index contributed by atoms with van der Waals surface area (Å²) in [6.07, 6.45) is 0. The Kier molecular flexibility index (Phi) is 2.78. The molecule has 0 spiro atoms. The second-order valence-electron chi connectivity index (χ2n) is 3.77. The van der Waals surface area contributed by atoms with Gasteiger partial charge in [-0.3, -0.25) is 9.36 Å². The first-order valence-electron chi connectivity index (χ1n) is 4.99. The second-order valence-corrected chi connectivity index (χ2v) is 4.72. The van der Waals surface area contributed by atoms with Crippen molar-refractivity contribution in [2.45, 2.75) is 19.9 Å². The minimum Gasteiger partial charge on any atom is -0.306 e. The van der Waals surface area contributed by atoms with E-state index in [0.29, 0.717) is 5.69 Å². The lowest BCUT2D eigenvalue weighted by Crippen LogP contribution is -2.35. The second kappa shape index (κ2) is 4.09. The van der Waals surface area contributed by atoms with E-state index >= 15 is 0 Å². The first-order chi connectivity index (χ1) is 7.59. The Morgan fingerprint density at radius 1 is 1.38 bits per heavy atom. The number of nitrogens with one attached hydrogen (secondary N) is 1. The van der Waals surface area contributed by atoms with Crippen molar-refractivity contribution in [2.24, 2.45) is 0 Å². The maximum absolute atomic E-state index is 11.7. The summed E-state index contributed by atoms with van der Waals surface area (Å²) in [5.74, 6) is 0. The van der Waals surface area contributed by atoms with Crippen LogP contribution < -0.4 is 11.2 Å². The molecule has 0 radical (unpaired) electrons. The third-order valence-corrected chi connectivity index (χ3v) is 3.17. The van der Waals surface area contributed by atoms with Gasteiger partial charge in [-0.1, -0.05) is 6.07 Å². The predicted molar refractivity (Wildman–Crippen MR) is 65.0 cm³/mol. The SMILES string of the molecule is CC(C)n1c(=O)cc(-c2cccs2)[nH]c1=O. The highest BCUT2D eigenvalue weighted by atomic mass is 32.1. The van der Waals surface area contributed by atoms with E-state index in [1.54, 1.807) is 13.8 Å². The minimum atomic E-state index is -0.356. The van der Waals surface area contributed by atoms with E-state index in [0.717, 1.165) is 4.88 Å². The lowest BCUT2D eigenvalue weighted by molar-refractivity contribution is 0.547. The highest BCUT2D eigenvalue weighted by molar-refractivity contribution is 7.13. The maximum Gasteiger partial charge on any atom is 0.329 e. The van der Waals surface area contributed by atoms with Crippen LogP contribution in [0.2, 0.25) is 0 Å². The van der Waals surface area contributed by atoms with Gasteiger partial charge in [0.05, 0.1) is 10.6 Å². The van der Waals surface area contributed by atoms with Gasteiger partial charge in [0.2, 0.25) is 0 Å². The first kappa shape index (κ1) is 10.9. The summed E-state index contributed by atoms with van der Waals surface area (Å²) in [4.78, 5) is 27.1. The van der Waals surface area contributed by atoms with Crippen molar-refractivity contribution in [2.75, 3.05) is 0 Å². The quantitative estimate of drug-likeness (QED) is 0.865. The van der Waals surface area contributed by atoms with Crippen LogP contribution in [0.1, 0.15) is 19.9 Å². The van der Waals surface area contributed by atoms with E-state index < -0.39 is 0 Å². The molecule has 0 aliphatic rings. The Morgan fingerprint density at radius 2 is 2.12 bits per heavy atom. The number of aromatic amines is 1. The molecule has 84 valence electrons. The number of hydrogen-bond acceptors (Lipinski definition) is 3. The number of aromatic nitrogens is 2. The molecule has 0 atom stereocenters. The molecule has 0 fully saturated rings. The molecule has 4 nitrogen and oxygen atoms in total. The molecular formula is C11H12N2O2S. The Bertz CT molecular complexity index is 562. The highest BCUT2D eigenvalue weighted by Crippen LogP contribution is 2.20. The van der Waals surface area contributed by atoms with Crippen LogP contribution in [-0.2, 0) is 0 Å². The van der Waals surface area contributed by atoms with E-state index in [1.165, 1.54) is 22.0 Å². The van der Waals surface area contributed by atoms with Crippen LogP contribution in [0.3, 0.4) is 0 Å². The van der Waals surface area contributed by atoms with E-state index in [4.69, 9.17) is 0 Å². The topological polar surface area (TPSA) is 54.9 Å². The fourth-order valence-electron chi connectivity index (χ4n) is 1.56. The molecule has 2 aromatic rings. The van der Waals surface area contributed by atoms with Gasteiger partial charge in [-0.25, -0.2) is 4.79 Å². The third-order valence-electron chi connectivity index (χ3n) is 2.27.